The van der Waals surface area contributed by atoms with Crippen LogP contribution in [0.3, 0.4) is 0 Å². The molecular formula is C56H34N2. The lowest BCUT2D eigenvalue weighted by Crippen LogP contribution is -2.26. The summed E-state index contributed by atoms with van der Waals surface area (Å²) in [5.41, 5.74) is 16.6. The average Bonchev–Trinajstić information content (AvgIpc) is 3.93. The summed E-state index contributed by atoms with van der Waals surface area (Å²) in [5, 5.41) is 7.76. The molecule has 0 N–H and O–H groups in total. The maximum absolute atomic E-state index is 5.39. The molecule has 10 aromatic carbocycles. The van der Waals surface area contributed by atoms with Crippen LogP contribution < -0.4 is 0 Å². The SMILES string of the molecule is c1ccc(-c2ccc(-n3c(-c4ccc5c(c4)C4(c6ccccc6-5)c5ccccc5-c5cc6c7ccccc7c7ccccc7c6cc54)nc4ccccc43)cc2)cc1. The highest BCUT2D eigenvalue weighted by Gasteiger charge is 2.52. The number of nitrogens with zero attached hydrogens (tertiary/aromatic N) is 2. The van der Waals surface area contributed by atoms with Crippen molar-refractivity contribution in [3.63, 3.8) is 0 Å². The largest absolute Gasteiger partial charge is 0.292 e. The summed E-state index contributed by atoms with van der Waals surface area (Å²) in [6.45, 7) is 0. The molecule has 1 heterocycles. The van der Waals surface area contributed by atoms with Gasteiger partial charge in [-0.2, -0.15) is 0 Å². The van der Waals surface area contributed by atoms with Gasteiger partial charge in [0.25, 0.3) is 0 Å². The normalized spacial score (nSPS) is 15.0. The third-order valence-electron chi connectivity index (χ3n) is 13.0. The first-order valence-electron chi connectivity index (χ1n) is 20.1. The van der Waals surface area contributed by atoms with Gasteiger partial charge in [0.2, 0.25) is 0 Å². The zero-order valence-electron chi connectivity index (χ0n) is 31.5. The van der Waals surface area contributed by atoms with E-state index >= 15 is 0 Å². The fraction of sp³-hybridized carbons (Fsp3) is 0.0179. The molecule has 0 aliphatic heterocycles. The molecule has 13 rings (SSSR count). The molecule has 1 spiro atoms. The summed E-state index contributed by atoms with van der Waals surface area (Å²) >= 11 is 0. The molecule has 11 aromatic rings. The van der Waals surface area contributed by atoms with Gasteiger partial charge in [-0.3, -0.25) is 4.57 Å². The first-order valence-corrected chi connectivity index (χ1v) is 20.1. The van der Waals surface area contributed by atoms with E-state index in [2.05, 4.69) is 211 Å². The van der Waals surface area contributed by atoms with Crippen molar-refractivity contribution in [2.75, 3.05) is 0 Å². The van der Waals surface area contributed by atoms with E-state index < -0.39 is 5.41 Å². The second kappa shape index (κ2) is 11.7. The highest BCUT2D eigenvalue weighted by atomic mass is 15.1. The Bertz CT molecular complexity index is 3500. The zero-order valence-corrected chi connectivity index (χ0v) is 31.5. The van der Waals surface area contributed by atoms with Crippen molar-refractivity contribution in [1.29, 1.82) is 0 Å². The molecule has 2 nitrogen and oxygen atoms in total. The van der Waals surface area contributed by atoms with Crippen molar-refractivity contribution in [3.8, 4) is 50.5 Å². The van der Waals surface area contributed by atoms with Gasteiger partial charge in [-0.1, -0.05) is 164 Å². The number of rotatable bonds is 3. The Morgan fingerprint density at radius 2 is 0.828 bits per heavy atom. The van der Waals surface area contributed by atoms with Crippen LogP contribution in [0.25, 0.3) is 93.8 Å². The number of hydrogen-bond donors (Lipinski definition) is 0. The molecule has 2 aliphatic rings. The lowest BCUT2D eigenvalue weighted by molar-refractivity contribution is 0.795. The van der Waals surface area contributed by atoms with E-state index in [0.29, 0.717) is 0 Å². The van der Waals surface area contributed by atoms with Crippen LogP contribution in [0.15, 0.2) is 206 Å². The highest BCUT2D eigenvalue weighted by Crippen LogP contribution is 2.64. The number of benzene rings is 10. The summed E-state index contributed by atoms with van der Waals surface area (Å²) in [7, 11) is 0. The molecule has 1 unspecified atom stereocenters. The first-order chi connectivity index (χ1) is 28.8. The summed E-state index contributed by atoms with van der Waals surface area (Å²) in [5.74, 6) is 0.935. The predicted molar refractivity (Wildman–Crippen MR) is 241 cm³/mol. The van der Waals surface area contributed by atoms with Gasteiger partial charge in [0, 0.05) is 11.3 Å². The molecule has 268 valence electrons. The van der Waals surface area contributed by atoms with Crippen LogP contribution in [0.1, 0.15) is 22.3 Å². The van der Waals surface area contributed by atoms with Crippen LogP contribution in [0, 0.1) is 0 Å². The van der Waals surface area contributed by atoms with Gasteiger partial charge in [0.1, 0.15) is 5.82 Å². The Labute approximate surface area is 335 Å². The molecule has 0 bridgehead atoms. The van der Waals surface area contributed by atoms with Gasteiger partial charge in [0.05, 0.1) is 16.4 Å². The number of fused-ring (bicyclic) bond motifs is 17. The van der Waals surface area contributed by atoms with E-state index in [-0.39, 0.29) is 0 Å². The minimum absolute atomic E-state index is 0.511. The average molecular weight is 735 g/mol. The Hall–Kier alpha value is -7.55. The molecule has 2 aliphatic carbocycles. The summed E-state index contributed by atoms with van der Waals surface area (Å²) in [6.07, 6.45) is 0. The number of hydrogen-bond acceptors (Lipinski definition) is 1. The second-order valence-corrected chi connectivity index (χ2v) is 15.8. The van der Waals surface area contributed by atoms with E-state index in [0.717, 1.165) is 28.1 Å². The smallest absolute Gasteiger partial charge is 0.145 e. The zero-order chi connectivity index (χ0) is 38.0. The first kappa shape index (κ1) is 31.6. The van der Waals surface area contributed by atoms with E-state index in [4.69, 9.17) is 4.98 Å². The molecule has 1 aromatic heterocycles. The second-order valence-electron chi connectivity index (χ2n) is 15.8. The summed E-state index contributed by atoms with van der Waals surface area (Å²) in [6, 6.07) is 76.2. The summed E-state index contributed by atoms with van der Waals surface area (Å²) in [4.78, 5) is 5.39. The van der Waals surface area contributed by atoms with E-state index in [9.17, 15) is 0 Å². The number of aromatic nitrogens is 2. The van der Waals surface area contributed by atoms with Gasteiger partial charge < -0.3 is 0 Å². The fourth-order valence-corrected chi connectivity index (χ4v) is 10.6. The minimum Gasteiger partial charge on any atom is -0.292 e. The quantitative estimate of drug-likeness (QED) is 0.165. The standard InChI is InChI=1S/C56H34N2/c1-2-14-35(15-3-1)36-26-29-38(30-27-36)58-54-25-13-12-24-53(54)57-55(58)37-28-31-45-43-20-8-10-22-49(43)56(51(45)32-37)50-23-11-9-21-44(50)48-33-46-41-18-6-4-16-39(41)40-17-5-7-19-42(40)47(46)34-52(48)56/h1-34H. The van der Waals surface area contributed by atoms with Crippen molar-refractivity contribution in [2.45, 2.75) is 5.41 Å². The Balaban J connectivity index is 1.10. The van der Waals surface area contributed by atoms with Crippen molar-refractivity contribution >= 4 is 43.4 Å². The highest BCUT2D eigenvalue weighted by molar-refractivity contribution is 6.26. The molecule has 2 heteroatoms. The number of imidazole rings is 1. The topological polar surface area (TPSA) is 17.8 Å². The van der Waals surface area contributed by atoms with Crippen LogP contribution in [-0.2, 0) is 5.41 Å². The van der Waals surface area contributed by atoms with Crippen LogP contribution >= 0.6 is 0 Å². The Morgan fingerprint density at radius 1 is 0.328 bits per heavy atom. The lowest BCUT2D eigenvalue weighted by Gasteiger charge is -2.31. The van der Waals surface area contributed by atoms with Crippen molar-refractivity contribution < 1.29 is 0 Å². The van der Waals surface area contributed by atoms with Crippen LogP contribution in [0.5, 0.6) is 0 Å². The van der Waals surface area contributed by atoms with Crippen LogP contribution in [-0.4, -0.2) is 9.55 Å². The molecule has 0 fully saturated rings. The summed E-state index contributed by atoms with van der Waals surface area (Å²) < 4.78 is 2.34. The third kappa shape index (κ3) is 4.13. The predicted octanol–water partition coefficient (Wildman–Crippen LogP) is 14.2. The lowest BCUT2D eigenvalue weighted by atomic mass is 9.70. The molecule has 1 atom stereocenters. The van der Waals surface area contributed by atoms with E-state index in [1.807, 2.05) is 0 Å². The maximum Gasteiger partial charge on any atom is 0.145 e. The fourth-order valence-electron chi connectivity index (χ4n) is 10.6. The maximum atomic E-state index is 5.39. The molecule has 58 heavy (non-hydrogen) atoms. The molecule has 0 saturated carbocycles. The third-order valence-corrected chi connectivity index (χ3v) is 13.0. The Kier molecular flexibility index (Phi) is 6.40. The van der Waals surface area contributed by atoms with E-state index in [1.165, 1.54) is 88.0 Å². The van der Waals surface area contributed by atoms with Crippen LogP contribution in [0.2, 0.25) is 0 Å². The van der Waals surface area contributed by atoms with Crippen molar-refractivity contribution in [2.24, 2.45) is 0 Å². The number of para-hydroxylation sites is 2. The Morgan fingerprint density at radius 3 is 1.53 bits per heavy atom. The van der Waals surface area contributed by atoms with Gasteiger partial charge >= 0.3 is 0 Å². The van der Waals surface area contributed by atoms with E-state index in [1.54, 1.807) is 0 Å². The molecule has 0 amide bonds. The molecule has 0 radical (unpaired) electrons. The molecular weight excluding hydrogens is 701 g/mol. The van der Waals surface area contributed by atoms with Gasteiger partial charge in [-0.15, -0.1) is 0 Å². The minimum atomic E-state index is -0.511. The van der Waals surface area contributed by atoms with Crippen molar-refractivity contribution in [3.05, 3.63) is 229 Å². The van der Waals surface area contributed by atoms with Crippen molar-refractivity contribution in [1.82, 2.24) is 9.55 Å². The molecule has 0 saturated heterocycles. The van der Waals surface area contributed by atoms with Gasteiger partial charge in [-0.25, -0.2) is 4.98 Å². The monoisotopic (exact) mass is 734 g/mol. The van der Waals surface area contributed by atoms with Crippen LogP contribution in [0.4, 0.5) is 0 Å². The van der Waals surface area contributed by atoms with Gasteiger partial charge in [0.15, 0.2) is 0 Å². The van der Waals surface area contributed by atoms with Gasteiger partial charge in [-0.05, 0) is 130 Å².